The number of nitrogens with one attached hydrogen (secondary N) is 1. The third kappa shape index (κ3) is 5.32. The van der Waals surface area contributed by atoms with Crippen LogP contribution < -0.4 is 5.32 Å². The number of hydrogen-bond acceptors (Lipinski definition) is 2. The van der Waals surface area contributed by atoms with Crippen molar-refractivity contribution >= 4 is 6.09 Å². The average molecular weight is 199 g/mol. The summed E-state index contributed by atoms with van der Waals surface area (Å²) in [4.78, 5) is 10.7. The van der Waals surface area contributed by atoms with Crippen molar-refractivity contribution in [1.82, 2.24) is 5.32 Å². The molecule has 0 rings (SSSR count). The minimum atomic E-state index is -4.43. The largest absolute Gasteiger partial charge is 0.447 e. The first-order valence-corrected chi connectivity index (χ1v) is 3.77. The fraction of sp³-hybridized carbons (Fsp3) is 0.857. The monoisotopic (exact) mass is 199 g/mol. The molecule has 0 aliphatic rings. The first-order valence-electron chi connectivity index (χ1n) is 3.77. The molecule has 0 fully saturated rings. The van der Waals surface area contributed by atoms with E-state index in [4.69, 9.17) is 0 Å². The highest BCUT2D eigenvalue weighted by Crippen LogP contribution is 2.19. The molecular formula is C7H12F3NO2. The lowest BCUT2D eigenvalue weighted by Gasteiger charge is -2.17. The summed E-state index contributed by atoms with van der Waals surface area (Å²) in [5.74, 6) is 0. The van der Waals surface area contributed by atoms with Crippen LogP contribution in [0.15, 0.2) is 0 Å². The topological polar surface area (TPSA) is 38.3 Å². The summed E-state index contributed by atoms with van der Waals surface area (Å²) in [6.07, 6.45) is -5.92. The van der Waals surface area contributed by atoms with Crippen LogP contribution >= 0.6 is 0 Å². The zero-order chi connectivity index (χ0) is 10.6. The molecule has 0 aromatic rings. The number of halogens is 3. The van der Waals surface area contributed by atoms with Gasteiger partial charge in [-0.05, 0) is 20.8 Å². The summed E-state index contributed by atoms with van der Waals surface area (Å²) in [5, 5.41) is 1.66. The van der Waals surface area contributed by atoms with Gasteiger partial charge in [-0.3, -0.25) is 0 Å². The van der Waals surface area contributed by atoms with E-state index in [1.165, 1.54) is 0 Å². The molecule has 1 N–H and O–H groups in total. The van der Waals surface area contributed by atoms with Crippen molar-refractivity contribution in [3.8, 4) is 0 Å². The Morgan fingerprint density at radius 1 is 1.31 bits per heavy atom. The summed E-state index contributed by atoms with van der Waals surface area (Å²) < 4.78 is 40.1. The summed E-state index contributed by atoms with van der Waals surface area (Å²) in [5.41, 5.74) is 0. The van der Waals surface area contributed by atoms with Gasteiger partial charge < -0.3 is 10.1 Å². The number of carbonyl (C=O) groups is 1. The lowest BCUT2D eigenvalue weighted by atomic mass is 10.3. The van der Waals surface area contributed by atoms with Gasteiger partial charge >= 0.3 is 12.3 Å². The Morgan fingerprint density at radius 2 is 1.77 bits per heavy atom. The highest BCUT2D eigenvalue weighted by Gasteiger charge is 2.37. The van der Waals surface area contributed by atoms with E-state index in [1.54, 1.807) is 19.2 Å². The molecule has 0 aromatic heterocycles. The van der Waals surface area contributed by atoms with E-state index in [1.807, 2.05) is 0 Å². The number of rotatable bonds is 2. The van der Waals surface area contributed by atoms with Crippen molar-refractivity contribution in [2.45, 2.75) is 39.1 Å². The maximum atomic E-state index is 11.9. The van der Waals surface area contributed by atoms with Gasteiger partial charge in [0.25, 0.3) is 0 Å². The summed E-state index contributed by atoms with van der Waals surface area (Å²) in [7, 11) is 0. The van der Waals surface area contributed by atoms with Crippen molar-refractivity contribution in [3.63, 3.8) is 0 Å². The van der Waals surface area contributed by atoms with Gasteiger partial charge in [-0.25, -0.2) is 4.79 Å². The van der Waals surface area contributed by atoms with Gasteiger partial charge in [0.05, 0.1) is 6.10 Å². The number of carbonyl (C=O) groups excluding carboxylic acids is 1. The van der Waals surface area contributed by atoms with Gasteiger partial charge in [-0.15, -0.1) is 0 Å². The van der Waals surface area contributed by atoms with Crippen molar-refractivity contribution in [1.29, 1.82) is 0 Å². The van der Waals surface area contributed by atoms with Crippen molar-refractivity contribution in [3.05, 3.63) is 0 Å². The normalized spacial score (nSPS) is 14.1. The molecule has 0 radical (unpaired) electrons. The second kappa shape index (κ2) is 4.34. The molecular weight excluding hydrogens is 187 g/mol. The number of alkyl carbamates (subject to hydrolysis) is 1. The highest BCUT2D eigenvalue weighted by atomic mass is 19.4. The SMILES string of the molecule is CC(C)OC(=O)N[C@@H](C)C(F)(F)F. The van der Waals surface area contributed by atoms with Gasteiger partial charge in [-0.2, -0.15) is 13.2 Å². The Hall–Kier alpha value is -0.940. The fourth-order valence-corrected chi connectivity index (χ4v) is 0.507. The molecule has 1 amide bonds. The van der Waals surface area contributed by atoms with Crippen molar-refractivity contribution < 1.29 is 22.7 Å². The Balaban J connectivity index is 3.93. The third-order valence-electron chi connectivity index (χ3n) is 1.17. The van der Waals surface area contributed by atoms with Crippen LogP contribution in [-0.2, 0) is 4.74 Å². The highest BCUT2D eigenvalue weighted by molar-refractivity contribution is 5.67. The van der Waals surface area contributed by atoms with Crippen LogP contribution in [0.3, 0.4) is 0 Å². The Kier molecular flexibility index (Phi) is 4.03. The van der Waals surface area contributed by atoms with Gasteiger partial charge in [-0.1, -0.05) is 0 Å². The molecule has 0 bridgehead atoms. The van der Waals surface area contributed by atoms with Crippen LogP contribution in [0.4, 0.5) is 18.0 Å². The molecule has 0 aliphatic carbocycles. The lowest BCUT2D eigenvalue weighted by molar-refractivity contribution is -0.150. The number of amides is 1. The molecule has 3 nitrogen and oxygen atoms in total. The van der Waals surface area contributed by atoms with Crippen LogP contribution in [0.2, 0.25) is 0 Å². The van der Waals surface area contributed by atoms with Gasteiger partial charge in [0, 0.05) is 0 Å². The molecule has 0 unspecified atom stereocenters. The summed E-state index contributed by atoms with van der Waals surface area (Å²) >= 11 is 0. The molecule has 0 heterocycles. The predicted molar refractivity (Wildman–Crippen MR) is 40.3 cm³/mol. The number of alkyl halides is 3. The Bertz CT molecular complexity index is 179. The molecule has 13 heavy (non-hydrogen) atoms. The molecule has 0 aliphatic heterocycles. The smallest absolute Gasteiger partial charge is 0.408 e. The maximum absolute atomic E-state index is 11.9. The van der Waals surface area contributed by atoms with Gasteiger partial charge in [0.1, 0.15) is 6.04 Å². The lowest BCUT2D eigenvalue weighted by Crippen LogP contribution is -2.43. The maximum Gasteiger partial charge on any atom is 0.408 e. The molecule has 0 saturated heterocycles. The minimum absolute atomic E-state index is 0.430. The Labute approximate surface area is 74.3 Å². The quantitative estimate of drug-likeness (QED) is 0.739. The standard InChI is InChI=1S/C7H12F3NO2/c1-4(2)13-6(12)11-5(3)7(8,9)10/h4-5H,1-3H3,(H,11,12)/t5-/m0/s1. The summed E-state index contributed by atoms with van der Waals surface area (Å²) in [6, 6.07) is -1.89. The van der Waals surface area contributed by atoms with Crippen molar-refractivity contribution in [2.75, 3.05) is 0 Å². The zero-order valence-electron chi connectivity index (χ0n) is 7.61. The molecule has 0 saturated carbocycles. The van der Waals surface area contributed by atoms with E-state index in [9.17, 15) is 18.0 Å². The molecule has 0 aromatic carbocycles. The fourth-order valence-electron chi connectivity index (χ4n) is 0.507. The van der Waals surface area contributed by atoms with E-state index < -0.39 is 24.4 Å². The first kappa shape index (κ1) is 12.1. The predicted octanol–water partition coefficient (Wildman–Crippen LogP) is 2.07. The third-order valence-corrected chi connectivity index (χ3v) is 1.17. The molecule has 78 valence electrons. The van der Waals surface area contributed by atoms with E-state index in [-0.39, 0.29) is 0 Å². The van der Waals surface area contributed by atoms with E-state index in [2.05, 4.69) is 4.74 Å². The van der Waals surface area contributed by atoms with E-state index in [0.29, 0.717) is 0 Å². The van der Waals surface area contributed by atoms with Crippen LogP contribution in [0, 0.1) is 0 Å². The Morgan fingerprint density at radius 3 is 2.08 bits per heavy atom. The van der Waals surface area contributed by atoms with Crippen LogP contribution in [0.5, 0.6) is 0 Å². The second-order valence-electron chi connectivity index (χ2n) is 2.86. The number of ether oxygens (including phenoxy) is 1. The summed E-state index contributed by atoms with van der Waals surface area (Å²) in [6.45, 7) is 3.96. The van der Waals surface area contributed by atoms with Crippen LogP contribution in [-0.4, -0.2) is 24.4 Å². The van der Waals surface area contributed by atoms with Crippen molar-refractivity contribution in [2.24, 2.45) is 0 Å². The van der Waals surface area contributed by atoms with Crippen LogP contribution in [0.1, 0.15) is 20.8 Å². The van der Waals surface area contributed by atoms with Gasteiger partial charge in [0.15, 0.2) is 0 Å². The number of hydrogen-bond donors (Lipinski definition) is 1. The molecule has 0 spiro atoms. The average Bonchev–Trinajstić information content (AvgIpc) is 1.82. The second-order valence-corrected chi connectivity index (χ2v) is 2.86. The molecule has 6 heteroatoms. The minimum Gasteiger partial charge on any atom is -0.447 e. The first-order chi connectivity index (χ1) is 5.73. The zero-order valence-corrected chi connectivity index (χ0v) is 7.61. The van der Waals surface area contributed by atoms with Crippen LogP contribution in [0.25, 0.3) is 0 Å². The molecule has 1 atom stereocenters. The van der Waals surface area contributed by atoms with Gasteiger partial charge in [0.2, 0.25) is 0 Å². The van der Waals surface area contributed by atoms with E-state index in [0.717, 1.165) is 6.92 Å². The van der Waals surface area contributed by atoms with E-state index >= 15 is 0 Å².